The third kappa shape index (κ3) is 4.28. The summed E-state index contributed by atoms with van der Waals surface area (Å²) in [5.41, 5.74) is 0. The van der Waals surface area contributed by atoms with Crippen molar-refractivity contribution in [3.8, 4) is 0 Å². The number of hydrogen-bond donors (Lipinski definition) is 1. The van der Waals surface area contributed by atoms with Crippen LogP contribution in [0.1, 0.15) is 31.6 Å². The number of halogens is 1. The molecule has 21 heavy (non-hydrogen) atoms. The quantitative estimate of drug-likeness (QED) is 0.805. The fourth-order valence-electron chi connectivity index (χ4n) is 2.83. The van der Waals surface area contributed by atoms with Gasteiger partial charge in [0.15, 0.2) is 0 Å². The van der Waals surface area contributed by atoms with Crippen molar-refractivity contribution in [2.45, 2.75) is 44.6 Å². The molecule has 0 aromatic carbocycles. The summed E-state index contributed by atoms with van der Waals surface area (Å²) in [6, 6.07) is 1.95. The van der Waals surface area contributed by atoms with Gasteiger partial charge in [0.2, 0.25) is 10.0 Å². The highest BCUT2D eigenvalue weighted by molar-refractivity contribution is 9.11. The molecule has 1 atom stereocenters. The summed E-state index contributed by atoms with van der Waals surface area (Å²) in [6.07, 6.45) is 2.43. The zero-order chi connectivity index (χ0) is 15.6. The number of nitrogens with zero attached hydrogens (tertiary/aromatic N) is 1. The van der Waals surface area contributed by atoms with Crippen molar-refractivity contribution in [2.75, 3.05) is 19.6 Å². The second-order valence-electron chi connectivity index (χ2n) is 5.88. The van der Waals surface area contributed by atoms with Crippen LogP contribution in [0.3, 0.4) is 0 Å². The van der Waals surface area contributed by atoms with Gasteiger partial charge in [0.1, 0.15) is 0 Å². The Kier molecular flexibility index (Phi) is 5.87. The standard InChI is InChI=1S/C14H23BrN2O2S2/c1-10(2)12(17-6-4-5-7-17)9-16-21(18,19)13-8-14(15)20-11(13)3/h8,10,12,16H,4-7,9H2,1-3H3. The average Bonchev–Trinajstić information content (AvgIpc) is 2.99. The summed E-state index contributed by atoms with van der Waals surface area (Å²) in [4.78, 5) is 3.61. The second kappa shape index (κ2) is 7.08. The first-order valence-electron chi connectivity index (χ1n) is 7.31. The molecule has 0 aliphatic carbocycles. The number of aryl methyl sites for hydroxylation is 1. The molecule has 7 heteroatoms. The molecule has 0 radical (unpaired) electrons. The molecule has 1 unspecified atom stereocenters. The summed E-state index contributed by atoms with van der Waals surface area (Å²) in [5, 5.41) is 0. The second-order valence-corrected chi connectivity index (χ2v) is 10.2. The lowest BCUT2D eigenvalue weighted by molar-refractivity contribution is 0.193. The van der Waals surface area contributed by atoms with E-state index in [4.69, 9.17) is 0 Å². The molecular weight excluding hydrogens is 372 g/mol. The number of nitrogens with one attached hydrogen (secondary N) is 1. The Morgan fingerprint density at radius 3 is 2.48 bits per heavy atom. The average molecular weight is 395 g/mol. The van der Waals surface area contributed by atoms with E-state index in [1.54, 1.807) is 6.07 Å². The molecule has 1 fully saturated rings. The van der Waals surface area contributed by atoms with Crippen LogP contribution in [0.2, 0.25) is 0 Å². The van der Waals surface area contributed by atoms with Crippen LogP contribution < -0.4 is 4.72 Å². The molecule has 1 aromatic rings. The van der Waals surface area contributed by atoms with E-state index < -0.39 is 10.0 Å². The van der Waals surface area contributed by atoms with Gasteiger partial charge in [-0.25, -0.2) is 13.1 Å². The van der Waals surface area contributed by atoms with Gasteiger partial charge < -0.3 is 0 Å². The lowest BCUT2D eigenvalue weighted by Gasteiger charge is -2.30. The number of thiophene rings is 1. The number of rotatable bonds is 6. The van der Waals surface area contributed by atoms with Crippen LogP contribution in [0.15, 0.2) is 14.7 Å². The van der Waals surface area contributed by atoms with Crippen molar-refractivity contribution in [2.24, 2.45) is 5.92 Å². The molecule has 1 N–H and O–H groups in total. The van der Waals surface area contributed by atoms with E-state index in [-0.39, 0.29) is 6.04 Å². The maximum Gasteiger partial charge on any atom is 0.241 e. The van der Waals surface area contributed by atoms with Gasteiger partial charge in [0.25, 0.3) is 0 Å². The maximum absolute atomic E-state index is 12.5. The van der Waals surface area contributed by atoms with Crippen LogP contribution in [-0.4, -0.2) is 39.0 Å². The summed E-state index contributed by atoms with van der Waals surface area (Å²) < 4.78 is 28.6. The third-order valence-electron chi connectivity index (χ3n) is 3.99. The van der Waals surface area contributed by atoms with Gasteiger partial charge in [-0.1, -0.05) is 13.8 Å². The highest BCUT2D eigenvalue weighted by atomic mass is 79.9. The maximum atomic E-state index is 12.5. The van der Waals surface area contributed by atoms with Crippen LogP contribution in [0.25, 0.3) is 0 Å². The van der Waals surface area contributed by atoms with Crippen molar-refractivity contribution >= 4 is 37.3 Å². The predicted molar refractivity (Wildman–Crippen MR) is 91.4 cm³/mol. The van der Waals surface area contributed by atoms with Crippen molar-refractivity contribution in [1.29, 1.82) is 0 Å². The van der Waals surface area contributed by atoms with E-state index in [0.717, 1.165) is 21.8 Å². The Balaban J connectivity index is 2.07. The van der Waals surface area contributed by atoms with E-state index in [1.807, 2.05) is 6.92 Å². The lowest BCUT2D eigenvalue weighted by atomic mass is 10.0. The highest BCUT2D eigenvalue weighted by Crippen LogP contribution is 2.29. The molecule has 0 amide bonds. The third-order valence-corrected chi connectivity index (χ3v) is 7.23. The summed E-state index contributed by atoms with van der Waals surface area (Å²) >= 11 is 4.80. The topological polar surface area (TPSA) is 49.4 Å². The first kappa shape index (κ1) is 17.4. The Bertz CT molecular complexity index is 578. The number of sulfonamides is 1. The molecular formula is C14H23BrN2O2S2. The Morgan fingerprint density at radius 1 is 1.38 bits per heavy atom. The fourth-order valence-corrected chi connectivity index (χ4v) is 6.29. The monoisotopic (exact) mass is 394 g/mol. The Labute approximate surface area is 140 Å². The van der Waals surface area contributed by atoms with Crippen molar-refractivity contribution in [3.05, 3.63) is 14.7 Å². The van der Waals surface area contributed by atoms with Gasteiger partial charge in [-0.15, -0.1) is 11.3 Å². The van der Waals surface area contributed by atoms with Gasteiger partial charge in [0.05, 0.1) is 8.68 Å². The Morgan fingerprint density at radius 2 is 2.00 bits per heavy atom. The summed E-state index contributed by atoms with van der Waals surface area (Å²) in [5.74, 6) is 0.432. The molecule has 1 aliphatic heterocycles. The molecule has 0 bridgehead atoms. The van der Waals surface area contributed by atoms with Gasteiger partial charge >= 0.3 is 0 Å². The molecule has 120 valence electrons. The molecule has 1 saturated heterocycles. The molecule has 1 aliphatic rings. The van der Waals surface area contributed by atoms with Gasteiger partial charge in [0, 0.05) is 17.5 Å². The normalized spacial score (nSPS) is 18.5. The van der Waals surface area contributed by atoms with Crippen molar-refractivity contribution in [1.82, 2.24) is 9.62 Å². The van der Waals surface area contributed by atoms with Crippen molar-refractivity contribution < 1.29 is 8.42 Å². The minimum Gasteiger partial charge on any atom is -0.299 e. The van der Waals surface area contributed by atoms with Crippen molar-refractivity contribution in [3.63, 3.8) is 0 Å². The highest BCUT2D eigenvalue weighted by Gasteiger charge is 2.27. The first-order valence-corrected chi connectivity index (χ1v) is 10.4. The minimum atomic E-state index is -3.42. The first-order chi connectivity index (χ1) is 9.81. The zero-order valence-corrected chi connectivity index (χ0v) is 15.9. The van der Waals surface area contributed by atoms with Gasteiger partial charge in [-0.2, -0.15) is 0 Å². The van der Waals surface area contributed by atoms with E-state index in [9.17, 15) is 8.42 Å². The van der Waals surface area contributed by atoms with Gasteiger partial charge in [-0.3, -0.25) is 4.90 Å². The molecule has 0 saturated carbocycles. The van der Waals surface area contributed by atoms with E-state index >= 15 is 0 Å². The molecule has 2 heterocycles. The summed E-state index contributed by atoms with van der Waals surface area (Å²) in [7, 11) is -3.42. The summed E-state index contributed by atoms with van der Waals surface area (Å²) in [6.45, 7) is 8.78. The minimum absolute atomic E-state index is 0.268. The van der Waals surface area contributed by atoms with Crippen LogP contribution in [0, 0.1) is 12.8 Å². The SMILES string of the molecule is Cc1sc(Br)cc1S(=O)(=O)NCC(C(C)C)N1CCCC1. The van der Waals surface area contributed by atoms with Crippen LogP contribution in [-0.2, 0) is 10.0 Å². The van der Waals surface area contributed by atoms with E-state index in [0.29, 0.717) is 17.4 Å². The number of likely N-dealkylation sites (tertiary alicyclic amines) is 1. The van der Waals surface area contributed by atoms with Gasteiger partial charge in [-0.05, 0) is 60.8 Å². The zero-order valence-electron chi connectivity index (χ0n) is 12.7. The van der Waals surface area contributed by atoms with Crippen LogP contribution in [0.5, 0.6) is 0 Å². The largest absolute Gasteiger partial charge is 0.299 e. The molecule has 0 spiro atoms. The van der Waals surface area contributed by atoms with Crippen LogP contribution >= 0.6 is 27.3 Å². The molecule has 2 rings (SSSR count). The lowest BCUT2D eigenvalue weighted by Crippen LogP contribution is -2.45. The smallest absolute Gasteiger partial charge is 0.241 e. The fraction of sp³-hybridized carbons (Fsp3) is 0.714. The van der Waals surface area contributed by atoms with Crippen LogP contribution in [0.4, 0.5) is 0 Å². The molecule has 1 aromatic heterocycles. The Hall–Kier alpha value is 0.0500. The predicted octanol–water partition coefficient (Wildman–Crippen LogP) is 3.22. The van der Waals surface area contributed by atoms with E-state index in [2.05, 4.69) is 39.4 Å². The van der Waals surface area contributed by atoms with E-state index in [1.165, 1.54) is 24.2 Å². The number of hydrogen-bond acceptors (Lipinski definition) is 4. The molecule has 4 nitrogen and oxygen atoms in total.